The van der Waals surface area contributed by atoms with E-state index < -0.39 is 15.9 Å². The number of benzene rings is 2. The predicted octanol–water partition coefficient (Wildman–Crippen LogP) is 2.12. The van der Waals surface area contributed by atoms with E-state index >= 15 is 0 Å². The number of methoxy groups -OCH3 is 2. The van der Waals surface area contributed by atoms with Crippen LogP contribution in [0.25, 0.3) is 0 Å². The summed E-state index contributed by atoms with van der Waals surface area (Å²) in [5.41, 5.74) is 1.11. The summed E-state index contributed by atoms with van der Waals surface area (Å²) in [6.45, 7) is 2.38. The van der Waals surface area contributed by atoms with Crippen LogP contribution in [0.1, 0.15) is 18.5 Å². The Labute approximate surface area is 181 Å². The Morgan fingerprint density at radius 2 is 1.74 bits per heavy atom. The fourth-order valence-corrected chi connectivity index (χ4v) is 4.06. The van der Waals surface area contributed by atoms with Crippen LogP contribution < -0.4 is 28.6 Å². The minimum Gasteiger partial charge on any atom is -0.493 e. The Morgan fingerprint density at radius 1 is 1.06 bits per heavy atom. The number of rotatable bonds is 8. The van der Waals surface area contributed by atoms with Crippen LogP contribution in [0.2, 0.25) is 0 Å². The van der Waals surface area contributed by atoms with E-state index in [4.69, 9.17) is 18.9 Å². The zero-order chi connectivity index (χ0) is 22.6. The normalized spacial score (nSPS) is 13.8. The van der Waals surface area contributed by atoms with Crippen LogP contribution in [-0.4, -0.2) is 54.6 Å². The van der Waals surface area contributed by atoms with Crippen molar-refractivity contribution in [1.29, 1.82) is 0 Å². The number of sulfonamides is 1. The van der Waals surface area contributed by atoms with E-state index in [1.54, 1.807) is 18.2 Å². The van der Waals surface area contributed by atoms with Crippen molar-refractivity contribution in [2.75, 3.05) is 44.5 Å². The maximum absolute atomic E-state index is 12.7. The molecule has 1 unspecified atom stereocenters. The van der Waals surface area contributed by atoms with Crippen LogP contribution in [-0.2, 0) is 14.8 Å². The molecule has 0 saturated heterocycles. The summed E-state index contributed by atoms with van der Waals surface area (Å²) >= 11 is 0. The average molecular weight is 451 g/mol. The SMILES string of the molecule is COc1ccc(N(CC(=O)NC(C)c2ccc3c(c2)OCCO3)S(C)(=O)=O)cc1OC. The van der Waals surface area contributed by atoms with Gasteiger partial charge in [-0.2, -0.15) is 0 Å². The maximum atomic E-state index is 12.7. The minimum absolute atomic E-state index is 0.294. The number of carbonyl (C=O) groups excluding carboxylic acids is 1. The van der Waals surface area contributed by atoms with Crippen LogP contribution in [0.5, 0.6) is 23.0 Å². The van der Waals surface area contributed by atoms with Crippen molar-refractivity contribution < 1.29 is 32.2 Å². The Bertz CT molecular complexity index is 1060. The molecule has 0 bridgehead atoms. The summed E-state index contributed by atoms with van der Waals surface area (Å²) in [4.78, 5) is 12.7. The number of nitrogens with one attached hydrogen (secondary N) is 1. The molecule has 0 radical (unpaired) electrons. The zero-order valence-electron chi connectivity index (χ0n) is 17.9. The molecule has 1 aliphatic rings. The van der Waals surface area contributed by atoms with Gasteiger partial charge in [0.05, 0.1) is 32.2 Å². The highest BCUT2D eigenvalue weighted by molar-refractivity contribution is 7.92. The smallest absolute Gasteiger partial charge is 0.241 e. The van der Waals surface area contributed by atoms with Gasteiger partial charge in [0.2, 0.25) is 15.9 Å². The topological polar surface area (TPSA) is 103 Å². The molecule has 1 amide bonds. The summed E-state index contributed by atoms with van der Waals surface area (Å²) in [5.74, 6) is 1.64. The van der Waals surface area contributed by atoms with Gasteiger partial charge in [-0.3, -0.25) is 9.10 Å². The maximum Gasteiger partial charge on any atom is 0.241 e. The van der Waals surface area contributed by atoms with Crippen molar-refractivity contribution in [3.8, 4) is 23.0 Å². The second-order valence-electron chi connectivity index (χ2n) is 7.00. The first kappa shape index (κ1) is 22.5. The predicted molar refractivity (Wildman–Crippen MR) is 116 cm³/mol. The van der Waals surface area contributed by atoms with Crippen molar-refractivity contribution >= 4 is 21.6 Å². The van der Waals surface area contributed by atoms with Gasteiger partial charge < -0.3 is 24.3 Å². The number of anilines is 1. The summed E-state index contributed by atoms with van der Waals surface area (Å²) in [6.07, 6.45) is 1.04. The second-order valence-corrected chi connectivity index (χ2v) is 8.91. The molecule has 1 heterocycles. The first-order valence-corrected chi connectivity index (χ1v) is 11.5. The van der Waals surface area contributed by atoms with Gasteiger partial charge in [-0.15, -0.1) is 0 Å². The molecule has 1 atom stereocenters. The van der Waals surface area contributed by atoms with Gasteiger partial charge >= 0.3 is 0 Å². The number of amides is 1. The van der Waals surface area contributed by atoms with Crippen LogP contribution in [0.4, 0.5) is 5.69 Å². The lowest BCUT2D eigenvalue weighted by molar-refractivity contribution is -0.120. The van der Waals surface area contributed by atoms with E-state index in [-0.39, 0.29) is 12.6 Å². The monoisotopic (exact) mass is 450 g/mol. The molecular weight excluding hydrogens is 424 g/mol. The molecule has 1 N–H and O–H groups in total. The van der Waals surface area contributed by atoms with E-state index in [1.165, 1.54) is 20.3 Å². The van der Waals surface area contributed by atoms with E-state index in [9.17, 15) is 13.2 Å². The quantitative estimate of drug-likeness (QED) is 0.657. The van der Waals surface area contributed by atoms with Crippen molar-refractivity contribution in [3.05, 3.63) is 42.0 Å². The van der Waals surface area contributed by atoms with Gasteiger partial charge in [-0.25, -0.2) is 8.42 Å². The van der Waals surface area contributed by atoms with Crippen LogP contribution in [0.3, 0.4) is 0 Å². The Kier molecular flexibility index (Phi) is 6.79. The van der Waals surface area contributed by atoms with Gasteiger partial charge in [-0.1, -0.05) is 6.07 Å². The van der Waals surface area contributed by atoms with Crippen molar-refractivity contribution in [2.24, 2.45) is 0 Å². The number of ether oxygens (including phenoxy) is 4. The molecule has 0 fully saturated rings. The van der Waals surface area contributed by atoms with Crippen molar-refractivity contribution in [3.63, 3.8) is 0 Å². The molecule has 168 valence electrons. The fourth-order valence-electron chi connectivity index (χ4n) is 3.21. The molecule has 2 aromatic carbocycles. The lowest BCUT2D eigenvalue weighted by Crippen LogP contribution is -2.41. The molecule has 3 rings (SSSR count). The third-order valence-electron chi connectivity index (χ3n) is 4.79. The third kappa shape index (κ3) is 5.32. The van der Waals surface area contributed by atoms with Gasteiger partial charge in [-0.05, 0) is 36.8 Å². The fraction of sp³-hybridized carbons (Fsp3) is 0.381. The zero-order valence-corrected chi connectivity index (χ0v) is 18.7. The van der Waals surface area contributed by atoms with Gasteiger partial charge in [0.1, 0.15) is 19.8 Å². The Morgan fingerprint density at radius 3 is 2.39 bits per heavy atom. The average Bonchev–Trinajstić information content (AvgIpc) is 2.75. The summed E-state index contributed by atoms with van der Waals surface area (Å²) < 4.78 is 47.3. The van der Waals surface area contributed by atoms with Crippen LogP contribution in [0, 0.1) is 0 Å². The highest BCUT2D eigenvalue weighted by Crippen LogP contribution is 2.33. The van der Waals surface area contributed by atoms with Crippen LogP contribution in [0.15, 0.2) is 36.4 Å². The van der Waals surface area contributed by atoms with Crippen LogP contribution >= 0.6 is 0 Å². The molecule has 0 aliphatic carbocycles. The molecule has 9 nitrogen and oxygen atoms in total. The molecule has 10 heteroatoms. The number of nitrogens with zero attached hydrogens (tertiary/aromatic N) is 1. The van der Waals surface area contributed by atoms with E-state index in [0.717, 1.165) is 16.1 Å². The van der Waals surface area contributed by atoms with Gasteiger partial charge in [0.15, 0.2) is 23.0 Å². The Hall–Kier alpha value is -3.14. The largest absolute Gasteiger partial charge is 0.493 e. The lowest BCUT2D eigenvalue weighted by atomic mass is 10.1. The molecule has 0 spiro atoms. The number of hydrogen-bond donors (Lipinski definition) is 1. The second kappa shape index (κ2) is 9.34. The van der Waals surface area contributed by atoms with E-state index in [2.05, 4.69) is 5.32 Å². The summed E-state index contributed by atoms with van der Waals surface area (Å²) in [6, 6.07) is 9.72. The molecule has 1 aliphatic heterocycles. The third-order valence-corrected chi connectivity index (χ3v) is 5.93. The summed E-state index contributed by atoms with van der Waals surface area (Å²) in [7, 11) is -0.793. The lowest BCUT2D eigenvalue weighted by Gasteiger charge is -2.24. The van der Waals surface area contributed by atoms with E-state index in [1.807, 2.05) is 19.1 Å². The summed E-state index contributed by atoms with van der Waals surface area (Å²) in [5, 5.41) is 2.83. The van der Waals surface area contributed by atoms with Gasteiger partial charge in [0, 0.05) is 6.07 Å². The molecule has 31 heavy (non-hydrogen) atoms. The van der Waals surface area contributed by atoms with E-state index in [0.29, 0.717) is 41.9 Å². The molecule has 2 aromatic rings. The van der Waals surface area contributed by atoms with Crippen molar-refractivity contribution in [1.82, 2.24) is 5.32 Å². The molecule has 0 saturated carbocycles. The number of hydrogen-bond acceptors (Lipinski definition) is 7. The van der Waals surface area contributed by atoms with Crippen molar-refractivity contribution in [2.45, 2.75) is 13.0 Å². The number of carbonyl (C=O) groups is 1. The first-order chi connectivity index (χ1) is 14.7. The minimum atomic E-state index is -3.73. The first-order valence-electron chi connectivity index (χ1n) is 9.61. The molecular formula is C21H26N2O7S. The van der Waals surface area contributed by atoms with Gasteiger partial charge in [0.25, 0.3) is 0 Å². The number of fused-ring (bicyclic) bond motifs is 1. The highest BCUT2D eigenvalue weighted by atomic mass is 32.2. The highest BCUT2D eigenvalue weighted by Gasteiger charge is 2.24. The standard InChI is InChI=1S/C21H26N2O7S/c1-14(15-5-7-18-20(11-15)30-10-9-29-18)22-21(24)13-23(31(4,25)26)16-6-8-17(27-2)19(12-16)28-3/h5-8,11-12,14H,9-10,13H2,1-4H3,(H,22,24). The Balaban J connectivity index is 1.76. The molecule has 0 aromatic heterocycles.